The third kappa shape index (κ3) is 3.89. The summed E-state index contributed by atoms with van der Waals surface area (Å²) in [6, 6.07) is 12.2. The number of aromatic nitrogens is 1. The van der Waals surface area contributed by atoms with Crippen LogP contribution in [-0.4, -0.2) is 29.4 Å². The number of anilines is 1. The average Bonchev–Trinajstić information content (AvgIpc) is 3.07. The van der Waals surface area contributed by atoms with Crippen LogP contribution in [0.5, 0.6) is 5.75 Å². The molecule has 2 N–H and O–H groups in total. The molecule has 0 saturated heterocycles. The molecule has 0 fully saturated rings. The standard InChI is InChI=1S/C19H17N3O3S/c1-12-11-26-19(21-12)22-20-10-15-7-4-8-16(17(15)23)13-5-3-6-14(9-13)18(24)25-2/h3-11,23H,1-2H3,(H,21,22). The number of hydrazone groups is 1. The molecule has 0 aliphatic carbocycles. The zero-order valence-corrected chi connectivity index (χ0v) is 15.1. The van der Waals surface area contributed by atoms with Crippen LogP contribution < -0.4 is 5.43 Å². The second kappa shape index (κ2) is 7.79. The molecule has 0 aliphatic rings. The summed E-state index contributed by atoms with van der Waals surface area (Å²) in [4.78, 5) is 16.0. The number of hydrogen-bond acceptors (Lipinski definition) is 7. The Kier molecular flexibility index (Phi) is 5.28. The molecule has 0 aliphatic heterocycles. The molecule has 6 nitrogen and oxygen atoms in total. The summed E-state index contributed by atoms with van der Waals surface area (Å²) in [5.41, 5.74) is 6.04. The number of carbonyl (C=O) groups is 1. The minimum absolute atomic E-state index is 0.0791. The number of ether oxygens (including phenoxy) is 1. The van der Waals surface area contributed by atoms with Crippen LogP contribution in [0.1, 0.15) is 21.6 Å². The number of thiazole rings is 1. The number of aryl methyl sites for hydroxylation is 1. The zero-order chi connectivity index (χ0) is 18.5. The Labute approximate surface area is 154 Å². The Hall–Kier alpha value is -3.19. The number of nitrogens with one attached hydrogen (secondary N) is 1. The second-order valence-corrected chi connectivity index (χ2v) is 6.34. The molecule has 0 radical (unpaired) electrons. The number of carbonyl (C=O) groups excluding carboxylic acids is 1. The van der Waals surface area contributed by atoms with Gasteiger partial charge in [0.25, 0.3) is 0 Å². The largest absolute Gasteiger partial charge is 0.507 e. The summed E-state index contributed by atoms with van der Waals surface area (Å²) in [6.07, 6.45) is 1.53. The molecule has 2 aromatic carbocycles. The second-order valence-electron chi connectivity index (χ2n) is 5.48. The quantitative estimate of drug-likeness (QED) is 0.404. The van der Waals surface area contributed by atoms with Crippen LogP contribution in [-0.2, 0) is 4.74 Å². The minimum atomic E-state index is -0.424. The van der Waals surface area contributed by atoms with Crippen LogP contribution in [0.15, 0.2) is 52.9 Å². The van der Waals surface area contributed by atoms with Crippen LogP contribution in [0.25, 0.3) is 11.1 Å². The number of hydrogen-bond donors (Lipinski definition) is 2. The SMILES string of the molecule is COC(=O)c1cccc(-c2cccc(C=NNc3nc(C)cs3)c2O)c1. The molecule has 3 rings (SSSR count). The Bertz CT molecular complexity index is 966. The van der Waals surface area contributed by atoms with E-state index >= 15 is 0 Å². The van der Waals surface area contributed by atoms with Gasteiger partial charge in [-0.3, -0.25) is 5.43 Å². The highest BCUT2D eigenvalue weighted by Crippen LogP contribution is 2.32. The molecule has 0 saturated carbocycles. The average molecular weight is 367 g/mol. The highest BCUT2D eigenvalue weighted by molar-refractivity contribution is 7.13. The first-order valence-corrected chi connectivity index (χ1v) is 8.68. The number of nitrogens with zero attached hydrogens (tertiary/aromatic N) is 2. The number of rotatable bonds is 5. The number of para-hydroxylation sites is 1. The molecule has 0 amide bonds. The van der Waals surface area contributed by atoms with Crippen molar-refractivity contribution >= 4 is 28.7 Å². The Morgan fingerprint density at radius 1 is 1.31 bits per heavy atom. The van der Waals surface area contributed by atoms with Crippen molar-refractivity contribution in [2.45, 2.75) is 6.92 Å². The molecule has 3 aromatic rings. The monoisotopic (exact) mass is 367 g/mol. The predicted octanol–water partition coefficient (Wildman–Crippen LogP) is 4.06. The van der Waals surface area contributed by atoms with E-state index in [1.54, 1.807) is 30.3 Å². The first-order chi connectivity index (χ1) is 12.6. The van der Waals surface area contributed by atoms with E-state index in [0.717, 1.165) is 5.69 Å². The molecule has 0 atom stereocenters. The molecule has 1 aromatic heterocycles. The molecule has 7 heteroatoms. The fraction of sp³-hybridized carbons (Fsp3) is 0.105. The van der Waals surface area contributed by atoms with Crippen molar-refractivity contribution in [3.05, 3.63) is 64.7 Å². The summed E-state index contributed by atoms with van der Waals surface area (Å²) in [5.74, 6) is -0.345. The van der Waals surface area contributed by atoms with Crippen molar-refractivity contribution < 1.29 is 14.6 Å². The van der Waals surface area contributed by atoms with Gasteiger partial charge >= 0.3 is 5.97 Å². The third-order valence-electron chi connectivity index (χ3n) is 3.64. The summed E-state index contributed by atoms with van der Waals surface area (Å²) < 4.78 is 4.74. The van der Waals surface area contributed by atoms with Gasteiger partial charge in [-0.25, -0.2) is 9.78 Å². The van der Waals surface area contributed by atoms with E-state index in [-0.39, 0.29) is 5.75 Å². The number of esters is 1. The highest BCUT2D eigenvalue weighted by atomic mass is 32.1. The van der Waals surface area contributed by atoms with Gasteiger partial charge in [0, 0.05) is 16.5 Å². The lowest BCUT2D eigenvalue weighted by Crippen LogP contribution is -2.00. The van der Waals surface area contributed by atoms with E-state index in [4.69, 9.17) is 4.74 Å². The van der Waals surface area contributed by atoms with Crippen molar-refractivity contribution in [1.29, 1.82) is 0 Å². The Balaban J connectivity index is 1.86. The molecule has 0 spiro atoms. The number of benzene rings is 2. The third-order valence-corrected chi connectivity index (χ3v) is 4.51. The lowest BCUT2D eigenvalue weighted by atomic mass is 10.00. The molecule has 26 heavy (non-hydrogen) atoms. The van der Waals surface area contributed by atoms with Crippen molar-refractivity contribution in [2.75, 3.05) is 12.5 Å². The van der Waals surface area contributed by atoms with Gasteiger partial charge in [0.15, 0.2) is 0 Å². The molecule has 1 heterocycles. The van der Waals surface area contributed by atoms with Crippen molar-refractivity contribution in [3.8, 4) is 16.9 Å². The molecule has 0 unspecified atom stereocenters. The molecular formula is C19H17N3O3S. The topological polar surface area (TPSA) is 83.8 Å². The molecular weight excluding hydrogens is 350 g/mol. The zero-order valence-electron chi connectivity index (χ0n) is 14.3. The van der Waals surface area contributed by atoms with Gasteiger partial charge in [0.1, 0.15) is 5.75 Å². The summed E-state index contributed by atoms with van der Waals surface area (Å²) in [6.45, 7) is 1.91. The van der Waals surface area contributed by atoms with Gasteiger partial charge in [-0.1, -0.05) is 24.3 Å². The van der Waals surface area contributed by atoms with Crippen LogP contribution in [0.2, 0.25) is 0 Å². The number of phenolic OH excluding ortho intramolecular Hbond substituents is 1. The molecule has 0 bridgehead atoms. The van der Waals surface area contributed by atoms with E-state index in [0.29, 0.717) is 27.4 Å². The van der Waals surface area contributed by atoms with E-state index in [2.05, 4.69) is 15.5 Å². The van der Waals surface area contributed by atoms with E-state index in [1.165, 1.54) is 24.7 Å². The fourth-order valence-corrected chi connectivity index (χ4v) is 3.03. The van der Waals surface area contributed by atoms with Crippen molar-refractivity contribution in [3.63, 3.8) is 0 Å². The van der Waals surface area contributed by atoms with Gasteiger partial charge in [-0.15, -0.1) is 11.3 Å². The number of methoxy groups -OCH3 is 1. The fourth-order valence-electron chi connectivity index (χ4n) is 2.39. The number of aromatic hydroxyl groups is 1. The first-order valence-electron chi connectivity index (χ1n) is 7.80. The number of phenols is 1. The highest BCUT2D eigenvalue weighted by Gasteiger charge is 2.11. The Morgan fingerprint density at radius 2 is 2.12 bits per heavy atom. The van der Waals surface area contributed by atoms with Crippen LogP contribution in [0.3, 0.4) is 0 Å². The first kappa shape index (κ1) is 17.6. The van der Waals surface area contributed by atoms with Gasteiger partial charge in [-0.05, 0) is 30.7 Å². The van der Waals surface area contributed by atoms with Crippen molar-refractivity contribution in [2.24, 2.45) is 5.10 Å². The van der Waals surface area contributed by atoms with E-state index < -0.39 is 5.97 Å². The smallest absolute Gasteiger partial charge is 0.337 e. The van der Waals surface area contributed by atoms with Gasteiger partial charge in [0.2, 0.25) is 5.13 Å². The minimum Gasteiger partial charge on any atom is -0.507 e. The van der Waals surface area contributed by atoms with Gasteiger partial charge < -0.3 is 9.84 Å². The lowest BCUT2D eigenvalue weighted by Gasteiger charge is -2.08. The normalized spacial score (nSPS) is 10.8. The van der Waals surface area contributed by atoms with E-state index in [9.17, 15) is 9.90 Å². The van der Waals surface area contributed by atoms with Crippen LogP contribution in [0.4, 0.5) is 5.13 Å². The maximum Gasteiger partial charge on any atom is 0.337 e. The summed E-state index contributed by atoms with van der Waals surface area (Å²) >= 11 is 1.45. The molecule has 132 valence electrons. The van der Waals surface area contributed by atoms with Crippen LogP contribution in [0, 0.1) is 6.92 Å². The predicted molar refractivity (Wildman–Crippen MR) is 103 cm³/mol. The van der Waals surface area contributed by atoms with E-state index in [1.807, 2.05) is 24.4 Å². The summed E-state index contributed by atoms with van der Waals surface area (Å²) in [5, 5.41) is 17.3. The van der Waals surface area contributed by atoms with Crippen LogP contribution >= 0.6 is 11.3 Å². The maximum atomic E-state index is 11.7. The van der Waals surface area contributed by atoms with Gasteiger partial charge in [-0.2, -0.15) is 5.10 Å². The Morgan fingerprint density at radius 3 is 2.85 bits per heavy atom. The van der Waals surface area contributed by atoms with Crippen molar-refractivity contribution in [1.82, 2.24) is 4.98 Å². The maximum absolute atomic E-state index is 11.7. The summed E-state index contributed by atoms with van der Waals surface area (Å²) in [7, 11) is 1.33. The lowest BCUT2D eigenvalue weighted by molar-refractivity contribution is 0.0601. The van der Waals surface area contributed by atoms with Gasteiger partial charge in [0.05, 0.1) is 24.6 Å².